The summed E-state index contributed by atoms with van der Waals surface area (Å²) in [5.41, 5.74) is -0.870. The fourth-order valence-corrected chi connectivity index (χ4v) is 4.31. The SMILES string of the molecule is CC(C)(O)C1CCN(S(=O)(=O)c2ccccc2Cl)C1. The molecule has 1 aromatic carbocycles. The third-order valence-electron chi connectivity index (χ3n) is 3.60. The van der Waals surface area contributed by atoms with Crippen LogP contribution < -0.4 is 0 Å². The van der Waals surface area contributed by atoms with Gasteiger partial charge in [0, 0.05) is 19.0 Å². The summed E-state index contributed by atoms with van der Waals surface area (Å²) in [6.07, 6.45) is 0.660. The molecule has 0 amide bonds. The van der Waals surface area contributed by atoms with Crippen LogP contribution in [0.4, 0.5) is 0 Å². The van der Waals surface area contributed by atoms with Crippen molar-refractivity contribution in [2.45, 2.75) is 30.8 Å². The van der Waals surface area contributed by atoms with E-state index in [0.29, 0.717) is 19.5 Å². The molecule has 1 saturated heterocycles. The number of hydrogen-bond donors (Lipinski definition) is 1. The van der Waals surface area contributed by atoms with Gasteiger partial charge in [-0.3, -0.25) is 0 Å². The van der Waals surface area contributed by atoms with Gasteiger partial charge in [0.2, 0.25) is 10.0 Å². The normalized spacial score (nSPS) is 21.8. The molecule has 0 spiro atoms. The van der Waals surface area contributed by atoms with E-state index in [1.807, 2.05) is 0 Å². The van der Waals surface area contributed by atoms with Crippen molar-refractivity contribution in [3.8, 4) is 0 Å². The van der Waals surface area contributed by atoms with Gasteiger partial charge < -0.3 is 5.11 Å². The largest absolute Gasteiger partial charge is 0.390 e. The molecule has 1 N–H and O–H groups in total. The molecule has 1 unspecified atom stereocenters. The summed E-state index contributed by atoms with van der Waals surface area (Å²) in [6.45, 7) is 4.17. The van der Waals surface area contributed by atoms with E-state index in [2.05, 4.69) is 0 Å². The molecular weight excluding hydrogens is 286 g/mol. The van der Waals surface area contributed by atoms with E-state index in [-0.39, 0.29) is 15.8 Å². The maximum absolute atomic E-state index is 12.5. The zero-order valence-corrected chi connectivity index (χ0v) is 12.6. The summed E-state index contributed by atoms with van der Waals surface area (Å²) < 4.78 is 26.4. The van der Waals surface area contributed by atoms with Gasteiger partial charge in [0.05, 0.1) is 10.6 Å². The molecule has 1 heterocycles. The van der Waals surface area contributed by atoms with E-state index in [0.717, 1.165) is 0 Å². The van der Waals surface area contributed by atoms with Crippen molar-refractivity contribution in [3.63, 3.8) is 0 Å². The van der Waals surface area contributed by atoms with Gasteiger partial charge in [-0.05, 0) is 32.4 Å². The second kappa shape index (κ2) is 5.05. The summed E-state index contributed by atoms with van der Waals surface area (Å²) in [4.78, 5) is 0.132. The predicted molar refractivity (Wildman–Crippen MR) is 74.6 cm³/mol. The van der Waals surface area contributed by atoms with Gasteiger partial charge >= 0.3 is 0 Å². The minimum Gasteiger partial charge on any atom is -0.390 e. The van der Waals surface area contributed by atoms with Crippen LogP contribution >= 0.6 is 11.6 Å². The first-order chi connectivity index (χ1) is 8.73. The zero-order valence-electron chi connectivity index (χ0n) is 11.0. The predicted octanol–water partition coefficient (Wildman–Crippen LogP) is 2.12. The molecule has 6 heteroatoms. The Kier molecular flexibility index (Phi) is 3.93. The quantitative estimate of drug-likeness (QED) is 0.930. The maximum atomic E-state index is 12.5. The van der Waals surface area contributed by atoms with Gasteiger partial charge in [-0.1, -0.05) is 23.7 Å². The van der Waals surface area contributed by atoms with Crippen LogP contribution in [0.15, 0.2) is 29.2 Å². The smallest absolute Gasteiger partial charge is 0.244 e. The van der Waals surface area contributed by atoms with Crippen LogP contribution in [0.1, 0.15) is 20.3 Å². The molecule has 0 aromatic heterocycles. The number of aliphatic hydroxyl groups is 1. The Labute approximate surface area is 119 Å². The number of nitrogens with zero attached hydrogens (tertiary/aromatic N) is 1. The minimum atomic E-state index is -3.57. The minimum absolute atomic E-state index is 0.0511. The highest BCUT2D eigenvalue weighted by Gasteiger charge is 2.39. The molecule has 19 heavy (non-hydrogen) atoms. The standard InChI is InChI=1S/C13H18ClNO3S/c1-13(2,16)10-7-8-15(9-10)19(17,18)12-6-4-3-5-11(12)14/h3-6,10,16H,7-9H2,1-2H3. The van der Waals surface area contributed by atoms with Gasteiger partial charge in [-0.2, -0.15) is 4.31 Å². The average Bonchev–Trinajstić information content (AvgIpc) is 2.78. The topological polar surface area (TPSA) is 57.6 Å². The Balaban J connectivity index is 2.26. The van der Waals surface area contributed by atoms with Crippen LogP contribution in [0.3, 0.4) is 0 Å². The Morgan fingerprint density at radius 3 is 2.53 bits per heavy atom. The van der Waals surface area contributed by atoms with Gasteiger partial charge in [-0.15, -0.1) is 0 Å². The van der Waals surface area contributed by atoms with E-state index in [4.69, 9.17) is 11.6 Å². The zero-order chi connectivity index (χ0) is 14.3. The van der Waals surface area contributed by atoms with E-state index >= 15 is 0 Å². The van der Waals surface area contributed by atoms with Crippen LogP contribution in [-0.4, -0.2) is 36.5 Å². The number of benzene rings is 1. The van der Waals surface area contributed by atoms with Crippen LogP contribution in [0.25, 0.3) is 0 Å². The van der Waals surface area contributed by atoms with Crippen LogP contribution in [0, 0.1) is 5.92 Å². The highest BCUT2D eigenvalue weighted by molar-refractivity contribution is 7.89. The molecule has 0 saturated carbocycles. The van der Waals surface area contributed by atoms with Crippen molar-refractivity contribution >= 4 is 21.6 Å². The molecule has 1 aromatic rings. The summed E-state index contributed by atoms with van der Waals surface area (Å²) in [7, 11) is -3.57. The highest BCUT2D eigenvalue weighted by Crippen LogP contribution is 2.32. The number of rotatable bonds is 3. The van der Waals surface area contributed by atoms with Gasteiger partial charge in [-0.25, -0.2) is 8.42 Å². The molecule has 106 valence electrons. The molecule has 1 aliphatic heterocycles. The van der Waals surface area contributed by atoms with Crippen molar-refractivity contribution in [1.82, 2.24) is 4.31 Å². The second-order valence-corrected chi connectivity index (χ2v) is 7.75. The van der Waals surface area contributed by atoms with Gasteiger partial charge in [0.25, 0.3) is 0 Å². The fourth-order valence-electron chi connectivity index (χ4n) is 2.32. The number of sulfonamides is 1. The Morgan fingerprint density at radius 1 is 1.37 bits per heavy atom. The summed E-state index contributed by atoms with van der Waals surface area (Å²) in [6, 6.07) is 6.43. The van der Waals surface area contributed by atoms with E-state index in [9.17, 15) is 13.5 Å². The van der Waals surface area contributed by atoms with E-state index < -0.39 is 15.6 Å². The molecule has 0 aliphatic carbocycles. The first-order valence-electron chi connectivity index (χ1n) is 6.20. The first-order valence-corrected chi connectivity index (χ1v) is 8.02. The number of hydrogen-bond acceptors (Lipinski definition) is 3. The van der Waals surface area contributed by atoms with E-state index in [1.165, 1.54) is 10.4 Å². The summed E-state index contributed by atoms with van der Waals surface area (Å²) in [5.74, 6) is -0.0511. The lowest BCUT2D eigenvalue weighted by atomic mass is 9.91. The summed E-state index contributed by atoms with van der Waals surface area (Å²) >= 11 is 5.96. The fraction of sp³-hybridized carbons (Fsp3) is 0.538. The Hall–Kier alpha value is -0.620. The van der Waals surface area contributed by atoms with Crippen LogP contribution in [0.5, 0.6) is 0 Å². The van der Waals surface area contributed by atoms with Crippen LogP contribution in [0.2, 0.25) is 5.02 Å². The lowest BCUT2D eigenvalue weighted by molar-refractivity contribution is 0.0236. The van der Waals surface area contributed by atoms with Crippen molar-refractivity contribution < 1.29 is 13.5 Å². The maximum Gasteiger partial charge on any atom is 0.244 e. The lowest BCUT2D eigenvalue weighted by Gasteiger charge is -2.25. The van der Waals surface area contributed by atoms with Crippen molar-refractivity contribution in [2.75, 3.05) is 13.1 Å². The number of halogens is 1. The highest BCUT2D eigenvalue weighted by atomic mass is 35.5. The monoisotopic (exact) mass is 303 g/mol. The molecule has 0 radical (unpaired) electrons. The molecular formula is C13H18ClNO3S. The van der Waals surface area contributed by atoms with Gasteiger partial charge in [0.1, 0.15) is 4.90 Å². The Bertz CT molecular complexity index is 565. The first kappa shape index (κ1) is 14.8. The third-order valence-corrected chi connectivity index (χ3v) is 5.97. The van der Waals surface area contributed by atoms with Crippen molar-refractivity contribution in [3.05, 3.63) is 29.3 Å². The lowest BCUT2D eigenvalue weighted by Crippen LogP contribution is -2.35. The third kappa shape index (κ3) is 2.94. The molecule has 2 rings (SSSR count). The molecule has 0 bridgehead atoms. The van der Waals surface area contributed by atoms with Crippen LogP contribution in [-0.2, 0) is 10.0 Å². The average molecular weight is 304 g/mol. The molecule has 1 atom stereocenters. The van der Waals surface area contributed by atoms with E-state index in [1.54, 1.807) is 32.0 Å². The molecule has 4 nitrogen and oxygen atoms in total. The van der Waals surface area contributed by atoms with Crippen molar-refractivity contribution in [1.29, 1.82) is 0 Å². The molecule has 1 fully saturated rings. The Morgan fingerprint density at radius 2 is 2.00 bits per heavy atom. The van der Waals surface area contributed by atoms with Gasteiger partial charge in [0.15, 0.2) is 0 Å². The van der Waals surface area contributed by atoms with Crippen molar-refractivity contribution in [2.24, 2.45) is 5.92 Å². The molecule has 1 aliphatic rings. The second-order valence-electron chi connectivity index (χ2n) is 5.43. The summed E-state index contributed by atoms with van der Waals surface area (Å²) in [5, 5.41) is 10.2.